The van der Waals surface area contributed by atoms with Crippen LogP contribution < -0.4 is 22.9 Å². The molecule has 4 rings (SSSR count). The summed E-state index contributed by atoms with van der Waals surface area (Å²) in [6, 6.07) is 25.7. The van der Waals surface area contributed by atoms with E-state index in [1.54, 1.807) is 0 Å². The van der Waals surface area contributed by atoms with Gasteiger partial charge in [-0.2, -0.15) is 0 Å². The molecular formula is C25H24O2Se2. The summed E-state index contributed by atoms with van der Waals surface area (Å²) < 4.78 is 17.8. The molecule has 0 unspecified atom stereocenters. The summed E-state index contributed by atoms with van der Waals surface area (Å²) in [5, 5.41) is 0. The second-order valence-corrected chi connectivity index (χ2v) is 11.9. The Kier molecular flexibility index (Phi) is 6.17. The molecule has 0 aromatic heterocycles. The molecule has 0 saturated carbocycles. The molecule has 2 nitrogen and oxygen atoms in total. The molecule has 0 radical (unpaired) electrons. The standard InChI is InChI=1S/C25H24O2Se2/c1-4-26-22-17-21-18(15-23(22)28-19-11-7-5-8-12-19)16-24(25(2,3)27-21)29-20-13-9-6-10-14-20/h5-17H,4H2,1-3H3. The van der Waals surface area contributed by atoms with Crippen LogP contribution in [0.1, 0.15) is 26.3 Å². The summed E-state index contributed by atoms with van der Waals surface area (Å²) in [5.41, 5.74) is 0.840. The second kappa shape index (κ2) is 8.81. The van der Waals surface area contributed by atoms with Gasteiger partial charge < -0.3 is 0 Å². The quantitative estimate of drug-likeness (QED) is 0.471. The van der Waals surface area contributed by atoms with Gasteiger partial charge in [-0.25, -0.2) is 0 Å². The Balaban J connectivity index is 1.72. The molecule has 0 atom stereocenters. The number of rotatable bonds is 6. The molecule has 3 aromatic carbocycles. The Morgan fingerprint density at radius 3 is 2.10 bits per heavy atom. The van der Waals surface area contributed by atoms with Crippen LogP contribution in [0.15, 0.2) is 77.3 Å². The zero-order chi connectivity index (χ0) is 20.3. The van der Waals surface area contributed by atoms with E-state index >= 15 is 0 Å². The monoisotopic (exact) mass is 516 g/mol. The molecule has 0 spiro atoms. The van der Waals surface area contributed by atoms with Gasteiger partial charge in [-0.05, 0) is 0 Å². The Labute approximate surface area is 185 Å². The van der Waals surface area contributed by atoms with Crippen molar-refractivity contribution in [1.29, 1.82) is 0 Å². The van der Waals surface area contributed by atoms with E-state index in [9.17, 15) is 0 Å². The average molecular weight is 514 g/mol. The van der Waals surface area contributed by atoms with Gasteiger partial charge in [0.1, 0.15) is 0 Å². The Morgan fingerprint density at radius 2 is 1.48 bits per heavy atom. The third-order valence-electron chi connectivity index (χ3n) is 4.56. The topological polar surface area (TPSA) is 18.5 Å². The fraction of sp³-hybridized carbons (Fsp3) is 0.200. The molecule has 3 aromatic rings. The summed E-state index contributed by atoms with van der Waals surface area (Å²) in [6.07, 6.45) is 2.34. The minimum atomic E-state index is -0.321. The van der Waals surface area contributed by atoms with Crippen molar-refractivity contribution in [3.05, 3.63) is 82.8 Å². The molecule has 1 heterocycles. The number of ether oxygens (including phenoxy) is 2. The Bertz CT molecular complexity index is 1010. The molecule has 29 heavy (non-hydrogen) atoms. The summed E-state index contributed by atoms with van der Waals surface area (Å²) >= 11 is 0.415. The molecule has 0 fully saturated rings. The van der Waals surface area contributed by atoms with Crippen molar-refractivity contribution in [1.82, 2.24) is 0 Å². The van der Waals surface area contributed by atoms with E-state index in [2.05, 4.69) is 92.7 Å². The van der Waals surface area contributed by atoms with Crippen molar-refractivity contribution >= 4 is 49.4 Å². The van der Waals surface area contributed by atoms with E-state index in [0.29, 0.717) is 6.61 Å². The molecule has 0 bridgehead atoms. The molecule has 0 N–H and O–H groups in total. The van der Waals surface area contributed by atoms with Gasteiger partial charge in [-0.1, -0.05) is 0 Å². The molecule has 1 aliphatic rings. The second-order valence-electron chi connectivity index (χ2n) is 7.22. The predicted octanol–water partition coefficient (Wildman–Crippen LogP) is 3.28. The fourth-order valence-electron chi connectivity index (χ4n) is 3.13. The Hall–Kier alpha value is -1.96. The van der Waals surface area contributed by atoms with Gasteiger partial charge in [0, 0.05) is 0 Å². The number of fused-ring (bicyclic) bond motifs is 1. The van der Waals surface area contributed by atoms with Crippen molar-refractivity contribution < 1.29 is 9.47 Å². The van der Waals surface area contributed by atoms with Gasteiger partial charge in [-0.15, -0.1) is 0 Å². The van der Waals surface area contributed by atoms with Crippen LogP contribution >= 0.6 is 0 Å². The van der Waals surface area contributed by atoms with Crippen LogP contribution in [0.25, 0.3) is 6.08 Å². The number of hydrogen-bond donors (Lipinski definition) is 0. The molecule has 148 valence electrons. The normalized spacial score (nSPS) is 14.5. The van der Waals surface area contributed by atoms with Crippen molar-refractivity contribution in [2.45, 2.75) is 26.4 Å². The molecule has 1 aliphatic heterocycles. The summed E-state index contributed by atoms with van der Waals surface area (Å²) in [6.45, 7) is 7.01. The first-order chi connectivity index (χ1) is 14.0. The van der Waals surface area contributed by atoms with Gasteiger partial charge in [-0.3, -0.25) is 0 Å². The van der Waals surface area contributed by atoms with Crippen molar-refractivity contribution in [2.75, 3.05) is 6.61 Å². The third kappa shape index (κ3) is 4.79. The maximum atomic E-state index is 6.47. The third-order valence-corrected chi connectivity index (χ3v) is 9.56. The number of hydrogen-bond acceptors (Lipinski definition) is 2. The van der Waals surface area contributed by atoms with Crippen molar-refractivity contribution in [3.63, 3.8) is 0 Å². The van der Waals surface area contributed by atoms with E-state index < -0.39 is 0 Å². The molecular weight excluding hydrogens is 490 g/mol. The van der Waals surface area contributed by atoms with Crippen LogP contribution in [-0.4, -0.2) is 42.1 Å². The van der Waals surface area contributed by atoms with Crippen LogP contribution in [0.3, 0.4) is 0 Å². The fourth-order valence-corrected chi connectivity index (χ4v) is 7.27. The van der Waals surface area contributed by atoms with Crippen LogP contribution in [0.4, 0.5) is 0 Å². The summed E-state index contributed by atoms with van der Waals surface area (Å²) in [4.78, 5) is 0. The first-order valence-electron chi connectivity index (χ1n) is 9.73. The average Bonchev–Trinajstić information content (AvgIpc) is 2.71. The predicted molar refractivity (Wildman–Crippen MR) is 124 cm³/mol. The van der Waals surface area contributed by atoms with Crippen LogP contribution in [0.5, 0.6) is 11.5 Å². The zero-order valence-electron chi connectivity index (χ0n) is 16.8. The van der Waals surface area contributed by atoms with Gasteiger partial charge in [0.25, 0.3) is 0 Å². The van der Waals surface area contributed by atoms with Gasteiger partial charge >= 0.3 is 186 Å². The van der Waals surface area contributed by atoms with Crippen molar-refractivity contribution in [3.8, 4) is 11.5 Å². The van der Waals surface area contributed by atoms with E-state index in [1.807, 2.05) is 6.92 Å². The Morgan fingerprint density at radius 1 is 0.862 bits per heavy atom. The van der Waals surface area contributed by atoms with Crippen LogP contribution in [0.2, 0.25) is 0 Å². The molecule has 0 saturated heterocycles. The van der Waals surface area contributed by atoms with Crippen LogP contribution in [-0.2, 0) is 0 Å². The van der Waals surface area contributed by atoms with E-state index in [1.165, 1.54) is 17.9 Å². The summed E-state index contributed by atoms with van der Waals surface area (Å²) in [7, 11) is 0. The molecule has 0 aliphatic carbocycles. The summed E-state index contributed by atoms with van der Waals surface area (Å²) in [5.74, 6) is 1.86. The first kappa shape index (κ1) is 20.3. The SMILES string of the molecule is CCOc1cc2c(cc1[Se]c1ccccc1)C=C([Se]c1ccccc1)C(C)(C)O2. The minimum absolute atomic E-state index is 0.187. The van der Waals surface area contributed by atoms with E-state index in [4.69, 9.17) is 9.47 Å². The van der Waals surface area contributed by atoms with Gasteiger partial charge in [0.05, 0.1) is 0 Å². The van der Waals surface area contributed by atoms with E-state index in [-0.39, 0.29) is 35.5 Å². The first-order valence-corrected chi connectivity index (χ1v) is 13.2. The van der Waals surface area contributed by atoms with Gasteiger partial charge in [0.15, 0.2) is 0 Å². The van der Waals surface area contributed by atoms with Crippen LogP contribution in [0, 0.1) is 0 Å². The van der Waals surface area contributed by atoms with Crippen molar-refractivity contribution in [2.24, 2.45) is 0 Å². The molecule has 4 heteroatoms. The van der Waals surface area contributed by atoms with Gasteiger partial charge in [0.2, 0.25) is 0 Å². The molecule has 0 amide bonds. The maximum absolute atomic E-state index is 6.47. The number of benzene rings is 3. The zero-order valence-corrected chi connectivity index (χ0v) is 20.3. The van der Waals surface area contributed by atoms with E-state index in [0.717, 1.165) is 17.1 Å².